The van der Waals surface area contributed by atoms with Crippen LogP contribution in [0.1, 0.15) is 49.7 Å². The van der Waals surface area contributed by atoms with Crippen LogP contribution in [0.5, 0.6) is 5.75 Å². The Labute approximate surface area is 213 Å². The highest BCUT2D eigenvalue weighted by atomic mass is 31.0. The molecular formula is C26H25F6OP3. The van der Waals surface area contributed by atoms with Crippen molar-refractivity contribution in [1.82, 2.24) is 0 Å². The predicted octanol–water partition coefficient (Wildman–Crippen LogP) is 6.83. The van der Waals surface area contributed by atoms with Crippen molar-refractivity contribution in [1.29, 1.82) is 0 Å². The lowest BCUT2D eigenvalue weighted by Gasteiger charge is -2.27. The first-order valence-corrected chi connectivity index (χ1v) is 13.1. The zero-order chi connectivity index (χ0) is 26.4. The summed E-state index contributed by atoms with van der Waals surface area (Å²) in [7, 11) is 6.14. The van der Waals surface area contributed by atoms with Gasteiger partial charge in [0.15, 0.2) is 11.6 Å². The summed E-state index contributed by atoms with van der Waals surface area (Å²) in [4.78, 5) is 0. The standard InChI is InChI=1S/C26H25F6OP3/c1-12-2-4-13(5-3-12)14-6-17(27)23(18(28)7-14)15-8-20(34)24(21(35)9-15)26(31,32)33-16-10-19(29)25(30)22(36)11-16/h6-13H,2-5,34-36H2,1H3. The van der Waals surface area contributed by atoms with Gasteiger partial charge in [-0.05, 0) is 76.7 Å². The van der Waals surface area contributed by atoms with Crippen LogP contribution in [0.15, 0.2) is 36.4 Å². The number of halogens is 6. The van der Waals surface area contributed by atoms with Gasteiger partial charge >= 0.3 is 6.11 Å². The monoisotopic (exact) mass is 560 g/mol. The Morgan fingerprint density at radius 1 is 0.750 bits per heavy atom. The van der Waals surface area contributed by atoms with Gasteiger partial charge in [0.2, 0.25) is 0 Å². The molecule has 0 aromatic heterocycles. The van der Waals surface area contributed by atoms with E-state index in [0.717, 1.165) is 31.7 Å². The minimum atomic E-state index is -3.95. The topological polar surface area (TPSA) is 9.23 Å². The Morgan fingerprint density at radius 3 is 1.83 bits per heavy atom. The first-order chi connectivity index (χ1) is 16.9. The van der Waals surface area contributed by atoms with Crippen molar-refractivity contribution in [3.63, 3.8) is 0 Å². The van der Waals surface area contributed by atoms with E-state index in [1.165, 1.54) is 24.3 Å². The van der Waals surface area contributed by atoms with Crippen LogP contribution in [-0.2, 0) is 6.11 Å². The van der Waals surface area contributed by atoms with Crippen molar-refractivity contribution in [2.75, 3.05) is 0 Å². The molecule has 0 radical (unpaired) electrons. The molecule has 0 heterocycles. The van der Waals surface area contributed by atoms with Crippen LogP contribution in [0.2, 0.25) is 0 Å². The molecule has 0 aliphatic heterocycles. The van der Waals surface area contributed by atoms with Crippen molar-refractivity contribution < 1.29 is 31.1 Å². The fraction of sp³-hybridized carbons (Fsp3) is 0.308. The van der Waals surface area contributed by atoms with Gasteiger partial charge in [-0.3, -0.25) is 0 Å². The van der Waals surface area contributed by atoms with Gasteiger partial charge in [-0.25, -0.2) is 17.6 Å². The maximum Gasteiger partial charge on any atom is 0.427 e. The number of alkyl halides is 2. The van der Waals surface area contributed by atoms with E-state index in [9.17, 15) is 8.78 Å². The van der Waals surface area contributed by atoms with Crippen LogP contribution in [0.4, 0.5) is 26.3 Å². The summed E-state index contributed by atoms with van der Waals surface area (Å²) >= 11 is 0. The second-order valence-corrected chi connectivity index (χ2v) is 11.1. The molecule has 192 valence electrons. The van der Waals surface area contributed by atoms with Gasteiger partial charge in [-0.1, -0.05) is 19.8 Å². The third-order valence-electron chi connectivity index (χ3n) is 6.61. The lowest BCUT2D eigenvalue weighted by atomic mass is 9.79. The molecular weight excluding hydrogens is 535 g/mol. The van der Waals surface area contributed by atoms with E-state index in [4.69, 9.17) is 4.74 Å². The van der Waals surface area contributed by atoms with E-state index < -0.39 is 40.7 Å². The Bertz CT molecular complexity index is 1240. The lowest BCUT2D eigenvalue weighted by Crippen LogP contribution is -2.32. The predicted molar refractivity (Wildman–Crippen MR) is 141 cm³/mol. The zero-order valence-electron chi connectivity index (χ0n) is 19.4. The van der Waals surface area contributed by atoms with Crippen LogP contribution in [0.25, 0.3) is 11.1 Å². The SMILES string of the molecule is CC1CCC(c2cc(F)c(-c3cc(P)c(C(F)(F)Oc4cc(F)c(F)c(P)c4)c(P)c3)c(F)c2)CC1. The lowest BCUT2D eigenvalue weighted by molar-refractivity contribution is -0.183. The molecule has 1 aliphatic rings. The molecule has 3 unspecified atom stereocenters. The summed E-state index contributed by atoms with van der Waals surface area (Å²) in [6, 6.07) is 6.56. The van der Waals surface area contributed by atoms with Crippen molar-refractivity contribution in [2.24, 2.45) is 5.92 Å². The molecule has 36 heavy (non-hydrogen) atoms. The van der Waals surface area contributed by atoms with Gasteiger partial charge in [0.1, 0.15) is 17.4 Å². The molecule has 3 aromatic carbocycles. The normalized spacial score (nSPS) is 18.4. The third-order valence-corrected chi connectivity index (χ3v) is 7.94. The second kappa shape index (κ2) is 10.6. The van der Waals surface area contributed by atoms with Gasteiger partial charge in [0, 0.05) is 11.4 Å². The first kappa shape index (κ1) is 27.4. The van der Waals surface area contributed by atoms with E-state index in [2.05, 4.69) is 25.4 Å². The molecule has 10 heteroatoms. The first-order valence-electron chi connectivity index (χ1n) is 11.4. The molecule has 3 atom stereocenters. The number of ether oxygens (including phenoxy) is 1. The van der Waals surface area contributed by atoms with Gasteiger partial charge in [-0.15, -0.1) is 27.7 Å². The van der Waals surface area contributed by atoms with Crippen LogP contribution in [0, 0.1) is 29.2 Å². The van der Waals surface area contributed by atoms with E-state index in [-0.39, 0.29) is 33.0 Å². The van der Waals surface area contributed by atoms with E-state index >= 15 is 17.6 Å². The van der Waals surface area contributed by atoms with Gasteiger partial charge in [-0.2, -0.15) is 8.78 Å². The average Bonchev–Trinajstić information content (AvgIpc) is 2.76. The maximum atomic E-state index is 15.1. The highest BCUT2D eigenvalue weighted by Gasteiger charge is 2.39. The number of hydrogen-bond acceptors (Lipinski definition) is 1. The number of hydrogen-bond donors (Lipinski definition) is 0. The highest BCUT2D eigenvalue weighted by molar-refractivity contribution is 7.30. The van der Waals surface area contributed by atoms with E-state index in [1.54, 1.807) is 0 Å². The molecule has 0 N–H and O–H groups in total. The maximum absolute atomic E-state index is 15.1. The Kier molecular flexibility index (Phi) is 8.06. The summed E-state index contributed by atoms with van der Waals surface area (Å²) in [6.45, 7) is 2.16. The molecule has 0 saturated heterocycles. The van der Waals surface area contributed by atoms with Crippen LogP contribution < -0.4 is 20.7 Å². The molecule has 4 rings (SSSR count). The summed E-state index contributed by atoms with van der Waals surface area (Å²) in [5, 5.41) is -0.411. The van der Waals surface area contributed by atoms with Crippen molar-refractivity contribution in [3.05, 3.63) is 70.8 Å². The van der Waals surface area contributed by atoms with Crippen LogP contribution in [0.3, 0.4) is 0 Å². The van der Waals surface area contributed by atoms with Crippen LogP contribution >= 0.6 is 27.7 Å². The summed E-state index contributed by atoms with van der Waals surface area (Å²) in [5.74, 6) is -3.94. The van der Waals surface area contributed by atoms with E-state index in [0.29, 0.717) is 17.5 Å². The van der Waals surface area contributed by atoms with Crippen molar-refractivity contribution >= 4 is 43.6 Å². The fourth-order valence-corrected chi connectivity index (χ4v) is 6.21. The van der Waals surface area contributed by atoms with Gasteiger partial charge in [0.25, 0.3) is 0 Å². The molecule has 0 spiro atoms. The summed E-state index contributed by atoms with van der Waals surface area (Å²) in [6.07, 6.45) is -0.213. The largest absolute Gasteiger partial charge is 0.429 e. The Hall–Kier alpha value is -1.67. The van der Waals surface area contributed by atoms with Crippen molar-refractivity contribution in [3.8, 4) is 16.9 Å². The molecule has 1 aliphatic carbocycles. The minimum absolute atomic E-state index is 0.0691. The second-order valence-electron chi connectivity index (χ2n) is 9.27. The van der Waals surface area contributed by atoms with Crippen LogP contribution in [-0.4, -0.2) is 0 Å². The Balaban J connectivity index is 1.66. The minimum Gasteiger partial charge on any atom is -0.429 e. The Morgan fingerprint density at radius 2 is 1.31 bits per heavy atom. The fourth-order valence-electron chi connectivity index (χ4n) is 4.71. The smallest absolute Gasteiger partial charge is 0.427 e. The molecule has 1 saturated carbocycles. The molecule has 1 nitrogen and oxygen atoms in total. The average molecular weight is 560 g/mol. The third kappa shape index (κ3) is 5.59. The number of benzene rings is 3. The highest BCUT2D eigenvalue weighted by Crippen LogP contribution is 2.39. The summed E-state index contributed by atoms with van der Waals surface area (Å²) < 4.78 is 92.3. The molecule has 1 fully saturated rings. The quantitative estimate of drug-likeness (QED) is 0.246. The summed E-state index contributed by atoms with van der Waals surface area (Å²) in [5.41, 5.74) is -0.206. The molecule has 0 amide bonds. The van der Waals surface area contributed by atoms with Gasteiger partial charge < -0.3 is 4.74 Å². The van der Waals surface area contributed by atoms with E-state index in [1.807, 2.05) is 9.24 Å². The van der Waals surface area contributed by atoms with Crippen molar-refractivity contribution in [2.45, 2.75) is 44.6 Å². The zero-order valence-corrected chi connectivity index (χ0v) is 22.8. The number of rotatable bonds is 5. The van der Waals surface area contributed by atoms with Gasteiger partial charge in [0.05, 0.1) is 11.1 Å². The molecule has 0 bridgehead atoms. The molecule has 3 aromatic rings.